The molecule has 0 spiro atoms. The Balaban J connectivity index is 1.40. The molecule has 7 nitrogen and oxygen atoms in total. The number of piperidine rings is 1. The molecule has 0 bridgehead atoms. The number of benzene rings is 1. The molecule has 1 aliphatic heterocycles. The van der Waals surface area contributed by atoms with Crippen LogP contribution in [-0.4, -0.2) is 45.3 Å². The molecule has 28 heavy (non-hydrogen) atoms. The summed E-state index contributed by atoms with van der Waals surface area (Å²) in [5.74, 6) is 2.77. The van der Waals surface area contributed by atoms with Crippen molar-refractivity contribution in [3.8, 4) is 5.75 Å². The Hall–Kier alpha value is -2.67. The third-order valence-corrected chi connectivity index (χ3v) is 5.40. The largest absolute Gasteiger partial charge is 0.494 e. The fourth-order valence-electron chi connectivity index (χ4n) is 3.73. The molecule has 1 saturated heterocycles. The first-order valence-corrected chi connectivity index (χ1v) is 9.99. The van der Waals surface area contributed by atoms with Gasteiger partial charge < -0.3 is 19.5 Å². The van der Waals surface area contributed by atoms with Crippen molar-refractivity contribution in [3.63, 3.8) is 0 Å². The molecule has 0 atom stereocenters. The van der Waals surface area contributed by atoms with E-state index in [4.69, 9.17) is 14.7 Å². The maximum atomic E-state index is 5.61. The van der Waals surface area contributed by atoms with Gasteiger partial charge in [0.15, 0.2) is 0 Å². The molecular weight excluding hydrogens is 352 g/mol. The van der Waals surface area contributed by atoms with Gasteiger partial charge in [0.25, 0.3) is 0 Å². The quantitative estimate of drug-likeness (QED) is 0.709. The van der Waals surface area contributed by atoms with E-state index in [0.717, 1.165) is 66.6 Å². The lowest BCUT2D eigenvalue weighted by atomic mass is 10.1. The van der Waals surface area contributed by atoms with Gasteiger partial charge in [-0.1, -0.05) is 0 Å². The number of rotatable bonds is 6. The predicted molar refractivity (Wildman–Crippen MR) is 111 cm³/mol. The average Bonchev–Trinajstić information content (AvgIpc) is 3.12. The molecule has 7 heteroatoms. The molecule has 1 aliphatic rings. The SMILES string of the molecule is CCOc1ccc2nc(N3CCC(NCc4nccn4C)CC3)nc(C)c2c1. The van der Waals surface area contributed by atoms with Crippen LogP contribution in [0.2, 0.25) is 0 Å². The Bertz CT molecular complexity index is 945. The van der Waals surface area contributed by atoms with E-state index in [1.165, 1.54) is 0 Å². The number of hydrogen-bond acceptors (Lipinski definition) is 6. The first-order chi connectivity index (χ1) is 13.6. The highest BCUT2D eigenvalue weighted by Gasteiger charge is 2.21. The van der Waals surface area contributed by atoms with E-state index in [1.54, 1.807) is 0 Å². The molecule has 3 aromatic rings. The molecular formula is C21H28N6O. The maximum Gasteiger partial charge on any atom is 0.226 e. The summed E-state index contributed by atoms with van der Waals surface area (Å²) < 4.78 is 7.67. The number of nitrogens with zero attached hydrogens (tertiary/aromatic N) is 5. The molecule has 0 amide bonds. The Kier molecular flexibility index (Phi) is 5.43. The molecule has 0 radical (unpaired) electrons. The number of hydrogen-bond donors (Lipinski definition) is 1. The van der Waals surface area contributed by atoms with Crippen molar-refractivity contribution in [2.45, 2.75) is 39.3 Å². The molecule has 148 valence electrons. The average molecular weight is 380 g/mol. The number of ether oxygens (including phenoxy) is 1. The second-order valence-electron chi connectivity index (χ2n) is 7.32. The van der Waals surface area contributed by atoms with Crippen LogP contribution < -0.4 is 15.0 Å². The Morgan fingerprint density at radius 2 is 2.04 bits per heavy atom. The van der Waals surface area contributed by atoms with E-state index >= 15 is 0 Å². The zero-order chi connectivity index (χ0) is 19.5. The van der Waals surface area contributed by atoms with Gasteiger partial charge in [-0.05, 0) is 44.9 Å². The maximum absolute atomic E-state index is 5.61. The van der Waals surface area contributed by atoms with Crippen molar-refractivity contribution in [2.24, 2.45) is 7.05 Å². The summed E-state index contributed by atoms with van der Waals surface area (Å²) in [6.45, 7) is 7.42. The van der Waals surface area contributed by atoms with Crippen LogP contribution in [0.1, 0.15) is 31.3 Å². The molecule has 1 aromatic carbocycles. The van der Waals surface area contributed by atoms with E-state index in [-0.39, 0.29) is 0 Å². The lowest BCUT2D eigenvalue weighted by molar-refractivity contribution is 0.340. The second-order valence-corrected chi connectivity index (χ2v) is 7.32. The standard InChI is InChI=1S/C21H28N6O/c1-4-28-17-5-6-19-18(13-17)15(2)24-21(25-19)27-10-7-16(8-11-27)23-14-20-22-9-12-26(20)3/h5-6,9,12-13,16,23H,4,7-8,10-11,14H2,1-3H3. The minimum Gasteiger partial charge on any atom is -0.494 e. The highest BCUT2D eigenvalue weighted by Crippen LogP contribution is 2.25. The highest BCUT2D eigenvalue weighted by atomic mass is 16.5. The molecule has 1 N–H and O–H groups in total. The van der Waals surface area contributed by atoms with Gasteiger partial charge in [-0.3, -0.25) is 0 Å². The van der Waals surface area contributed by atoms with E-state index in [1.807, 2.05) is 51.5 Å². The van der Waals surface area contributed by atoms with Crippen LogP contribution in [0.5, 0.6) is 5.75 Å². The Morgan fingerprint density at radius 1 is 1.21 bits per heavy atom. The summed E-state index contributed by atoms with van der Waals surface area (Å²) in [6.07, 6.45) is 5.98. The molecule has 1 fully saturated rings. The minimum absolute atomic E-state index is 0.503. The van der Waals surface area contributed by atoms with Crippen LogP contribution in [0.4, 0.5) is 5.95 Å². The number of aryl methyl sites for hydroxylation is 2. The number of imidazole rings is 1. The third kappa shape index (κ3) is 3.94. The van der Waals surface area contributed by atoms with Crippen molar-refractivity contribution in [3.05, 3.63) is 42.1 Å². The van der Waals surface area contributed by atoms with Crippen LogP contribution in [0.15, 0.2) is 30.6 Å². The van der Waals surface area contributed by atoms with Crippen LogP contribution in [0.25, 0.3) is 10.9 Å². The summed E-state index contributed by atoms with van der Waals surface area (Å²) in [4.78, 5) is 16.3. The van der Waals surface area contributed by atoms with Gasteiger partial charge in [-0.2, -0.15) is 0 Å². The van der Waals surface area contributed by atoms with E-state index < -0.39 is 0 Å². The van der Waals surface area contributed by atoms with E-state index in [0.29, 0.717) is 12.6 Å². The van der Waals surface area contributed by atoms with Gasteiger partial charge in [0, 0.05) is 44.0 Å². The first kappa shape index (κ1) is 18.7. The summed E-state index contributed by atoms with van der Waals surface area (Å²) in [5, 5.41) is 4.69. The fourth-order valence-corrected chi connectivity index (χ4v) is 3.73. The van der Waals surface area contributed by atoms with E-state index in [2.05, 4.69) is 19.8 Å². The molecule has 0 saturated carbocycles. The number of fused-ring (bicyclic) bond motifs is 1. The lowest BCUT2D eigenvalue weighted by Crippen LogP contribution is -2.43. The Labute approximate surface area is 165 Å². The van der Waals surface area contributed by atoms with E-state index in [9.17, 15) is 0 Å². The molecule has 2 aromatic heterocycles. The van der Waals surface area contributed by atoms with Gasteiger partial charge in [0.05, 0.1) is 24.4 Å². The number of nitrogens with one attached hydrogen (secondary N) is 1. The van der Waals surface area contributed by atoms with Crippen molar-refractivity contribution < 1.29 is 4.74 Å². The smallest absolute Gasteiger partial charge is 0.226 e. The fraction of sp³-hybridized carbons (Fsp3) is 0.476. The number of aromatic nitrogens is 4. The number of anilines is 1. The summed E-state index contributed by atoms with van der Waals surface area (Å²) >= 11 is 0. The summed E-state index contributed by atoms with van der Waals surface area (Å²) in [5.41, 5.74) is 1.97. The van der Waals surface area contributed by atoms with Gasteiger partial charge in [0.1, 0.15) is 11.6 Å². The van der Waals surface area contributed by atoms with Crippen LogP contribution in [0, 0.1) is 6.92 Å². The van der Waals surface area contributed by atoms with Crippen molar-refractivity contribution in [1.29, 1.82) is 0 Å². The zero-order valence-corrected chi connectivity index (χ0v) is 16.9. The van der Waals surface area contributed by atoms with Crippen LogP contribution in [-0.2, 0) is 13.6 Å². The lowest BCUT2D eigenvalue weighted by Gasteiger charge is -2.32. The normalized spacial score (nSPS) is 15.3. The van der Waals surface area contributed by atoms with Crippen molar-refractivity contribution >= 4 is 16.9 Å². The Morgan fingerprint density at radius 3 is 2.75 bits per heavy atom. The van der Waals surface area contributed by atoms with Gasteiger partial charge in [0.2, 0.25) is 5.95 Å². The second kappa shape index (κ2) is 8.14. The predicted octanol–water partition coefficient (Wildman–Crippen LogP) is 2.83. The van der Waals surface area contributed by atoms with Gasteiger partial charge in [-0.25, -0.2) is 15.0 Å². The molecule has 4 rings (SSSR count). The highest BCUT2D eigenvalue weighted by molar-refractivity contribution is 5.83. The monoisotopic (exact) mass is 380 g/mol. The molecule has 0 unspecified atom stereocenters. The van der Waals surface area contributed by atoms with Crippen molar-refractivity contribution in [2.75, 3.05) is 24.6 Å². The van der Waals surface area contributed by atoms with Crippen molar-refractivity contribution in [1.82, 2.24) is 24.8 Å². The molecule has 0 aliphatic carbocycles. The molecule has 3 heterocycles. The zero-order valence-electron chi connectivity index (χ0n) is 16.9. The summed E-state index contributed by atoms with van der Waals surface area (Å²) in [6, 6.07) is 6.55. The van der Waals surface area contributed by atoms with Crippen LogP contribution >= 0.6 is 0 Å². The van der Waals surface area contributed by atoms with Gasteiger partial charge in [-0.15, -0.1) is 0 Å². The van der Waals surface area contributed by atoms with Gasteiger partial charge >= 0.3 is 0 Å². The third-order valence-electron chi connectivity index (χ3n) is 5.40. The first-order valence-electron chi connectivity index (χ1n) is 9.99. The topological polar surface area (TPSA) is 68.1 Å². The minimum atomic E-state index is 0.503. The summed E-state index contributed by atoms with van der Waals surface area (Å²) in [7, 11) is 2.03. The van der Waals surface area contributed by atoms with Crippen LogP contribution in [0.3, 0.4) is 0 Å².